The van der Waals surface area contributed by atoms with Gasteiger partial charge in [0.1, 0.15) is 0 Å². The average Bonchev–Trinajstić information content (AvgIpc) is 3.00. The first-order valence-electron chi connectivity index (χ1n) is 6.24. The molecule has 0 saturated heterocycles. The number of hydrogen-bond acceptors (Lipinski definition) is 4. The Balaban J connectivity index is 1.87. The van der Waals surface area contributed by atoms with Crippen LogP contribution in [0.5, 0.6) is 0 Å². The quantitative estimate of drug-likeness (QED) is 0.847. The van der Waals surface area contributed by atoms with Crippen LogP contribution in [0.15, 0.2) is 35.5 Å². The van der Waals surface area contributed by atoms with Gasteiger partial charge in [-0.1, -0.05) is 42.1 Å². The molecule has 2 aromatic rings. The first kappa shape index (κ1) is 11.7. The smallest absolute Gasteiger partial charge is 0.210 e. The van der Waals surface area contributed by atoms with Crippen LogP contribution in [0.2, 0.25) is 0 Å². The van der Waals surface area contributed by atoms with Crippen LogP contribution in [0.4, 0.5) is 0 Å². The van der Waals surface area contributed by atoms with Gasteiger partial charge < -0.3 is 0 Å². The molecule has 94 valence electrons. The van der Waals surface area contributed by atoms with Crippen LogP contribution in [0.1, 0.15) is 38.3 Å². The van der Waals surface area contributed by atoms with Crippen LogP contribution in [0, 0.1) is 0 Å². The summed E-state index contributed by atoms with van der Waals surface area (Å²) in [5, 5.41) is 12.9. The zero-order chi connectivity index (χ0) is 12.6. The average molecular weight is 260 g/mol. The Morgan fingerprint density at radius 1 is 1.22 bits per heavy atom. The van der Waals surface area contributed by atoms with Gasteiger partial charge in [-0.25, -0.2) is 4.68 Å². The predicted octanol–water partition coefficient (Wildman–Crippen LogP) is 3.04. The second kappa shape index (κ2) is 4.39. The van der Waals surface area contributed by atoms with Crippen LogP contribution >= 0.6 is 11.8 Å². The summed E-state index contributed by atoms with van der Waals surface area (Å²) in [6, 6.07) is 11.0. The van der Waals surface area contributed by atoms with Crippen molar-refractivity contribution in [2.45, 2.75) is 42.6 Å². The van der Waals surface area contributed by atoms with Gasteiger partial charge in [0.2, 0.25) is 5.16 Å². The minimum absolute atomic E-state index is 0.197. The fourth-order valence-corrected chi connectivity index (χ4v) is 3.38. The van der Waals surface area contributed by atoms with Crippen molar-refractivity contribution < 1.29 is 0 Å². The van der Waals surface area contributed by atoms with Gasteiger partial charge in [0.25, 0.3) is 0 Å². The number of hydrogen-bond donors (Lipinski definition) is 0. The lowest BCUT2D eigenvalue weighted by atomic mass is 10.1. The summed E-state index contributed by atoms with van der Waals surface area (Å²) in [5.41, 5.74) is 1.38. The van der Waals surface area contributed by atoms with Gasteiger partial charge in [0, 0.05) is 4.75 Å². The van der Waals surface area contributed by atoms with Crippen LogP contribution in [0.3, 0.4) is 0 Å². The number of benzene rings is 1. The molecule has 3 rings (SSSR count). The second-order valence-electron chi connectivity index (χ2n) is 4.96. The Hall–Kier alpha value is -1.36. The summed E-state index contributed by atoms with van der Waals surface area (Å²) < 4.78 is 2.09. The largest absolute Gasteiger partial charge is 0.218 e. The third kappa shape index (κ3) is 2.03. The molecule has 1 aromatic heterocycles. The highest BCUT2D eigenvalue weighted by atomic mass is 32.2. The second-order valence-corrected chi connectivity index (χ2v) is 6.31. The standard InChI is InChI=1S/C13H16N4S/c1-10(2)17-12(14-15-16-17)18-13(8-9-13)11-6-4-3-5-7-11/h3-7,10H,8-9H2,1-2H3. The minimum atomic E-state index is 0.197. The monoisotopic (exact) mass is 260 g/mol. The molecule has 5 heteroatoms. The maximum Gasteiger partial charge on any atom is 0.210 e. The molecule has 1 aromatic carbocycles. The van der Waals surface area contributed by atoms with Crippen LogP contribution < -0.4 is 0 Å². The molecular weight excluding hydrogens is 244 g/mol. The van der Waals surface area contributed by atoms with E-state index < -0.39 is 0 Å². The lowest BCUT2D eigenvalue weighted by molar-refractivity contribution is 0.476. The van der Waals surface area contributed by atoms with Gasteiger partial charge >= 0.3 is 0 Å². The summed E-state index contributed by atoms with van der Waals surface area (Å²) in [7, 11) is 0. The molecule has 1 heterocycles. The molecule has 0 spiro atoms. The summed E-state index contributed by atoms with van der Waals surface area (Å²) in [5.74, 6) is 0. The number of nitrogens with zero attached hydrogens (tertiary/aromatic N) is 4. The number of thioether (sulfide) groups is 1. The van der Waals surface area contributed by atoms with Crippen molar-refractivity contribution in [3.8, 4) is 0 Å². The zero-order valence-electron chi connectivity index (χ0n) is 10.6. The van der Waals surface area contributed by atoms with Crippen LogP contribution in [-0.4, -0.2) is 20.2 Å². The maximum atomic E-state index is 4.15. The highest BCUT2D eigenvalue weighted by molar-refractivity contribution is 8.00. The molecule has 0 unspecified atom stereocenters. The highest BCUT2D eigenvalue weighted by Crippen LogP contribution is 2.59. The molecule has 1 aliphatic carbocycles. The lowest BCUT2D eigenvalue weighted by Crippen LogP contribution is -2.08. The molecule has 1 fully saturated rings. The molecule has 1 saturated carbocycles. The Bertz CT molecular complexity index is 531. The fraction of sp³-hybridized carbons (Fsp3) is 0.462. The molecular formula is C13H16N4S. The van der Waals surface area contributed by atoms with Gasteiger partial charge in [-0.3, -0.25) is 0 Å². The Labute approximate surface area is 111 Å². The van der Waals surface area contributed by atoms with Crippen LogP contribution in [0.25, 0.3) is 0 Å². The summed E-state index contributed by atoms with van der Waals surface area (Å²) in [6.45, 7) is 4.20. The maximum absolute atomic E-state index is 4.15. The fourth-order valence-electron chi connectivity index (χ4n) is 2.06. The normalized spacial score (nSPS) is 17.1. The van der Waals surface area contributed by atoms with Crippen molar-refractivity contribution in [2.75, 3.05) is 0 Å². The van der Waals surface area contributed by atoms with E-state index in [9.17, 15) is 0 Å². The van der Waals surface area contributed by atoms with E-state index in [0.717, 1.165) is 5.16 Å². The van der Waals surface area contributed by atoms with Crippen molar-refractivity contribution in [3.63, 3.8) is 0 Å². The summed E-state index contributed by atoms with van der Waals surface area (Å²) in [4.78, 5) is 0. The van der Waals surface area contributed by atoms with E-state index in [1.807, 2.05) is 4.68 Å². The first-order chi connectivity index (χ1) is 8.71. The van der Waals surface area contributed by atoms with Gasteiger partial charge in [-0.2, -0.15) is 0 Å². The van der Waals surface area contributed by atoms with E-state index in [4.69, 9.17) is 0 Å². The minimum Gasteiger partial charge on any atom is -0.218 e. The number of tetrazole rings is 1. The van der Waals surface area contributed by atoms with Crippen LogP contribution in [-0.2, 0) is 4.75 Å². The molecule has 0 aliphatic heterocycles. The zero-order valence-corrected chi connectivity index (χ0v) is 11.4. The molecule has 0 atom stereocenters. The molecule has 18 heavy (non-hydrogen) atoms. The van der Waals surface area contributed by atoms with Gasteiger partial charge in [-0.15, -0.1) is 5.10 Å². The van der Waals surface area contributed by atoms with Gasteiger partial charge in [0.05, 0.1) is 6.04 Å². The predicted molar refractivity (Wildman–Crippen MR) is 71.4 cm³/mol. The van der Waals surface area contributed by atoms with E-state index >= 15 is 0 Å². The van der Waals surface area contributed by atoms with Crippen molar-refractivity contribution in [1.82, 2.24) is 20.2 Å². The first-order valence-corrected chi connectivity index (χ1v) is 7.05. The Morgan fingerprint density at radius 2 is 1.94 bits per heavy atom. The molecule has 4 nitrogen and oxygen atoms in total. The Kier molecular flexibility index (Phi) is 2.86. The third-order valence-electron chi connectivity index (χ3n) is 3.24. The van der Waals surface area contributed by atoms with Crippen molar-refractivity contribution in [3.05, 3.63) is 35.9 Å². The third-order valence-corrected chi connectivity index (χ3v) is 4.73. The molecule has 0 amide bonds. The summed E-state index contributed by atoms with van der Waals surface area (Å²) in [6.07, 6.45) is 2.40. The molecule has 0 radical (unpaired) electrons. The van der Waals surface area contributed by atoms with E-state index in [2.05, 4.69) is 59.7 Å². The van der Waals surface area contributed by atoms with E-state index in [1.165, 1.54) is 18.4 Å². The lowest BCUT2D eigenvalue weighted by Gasteiger charge is -2.15. The topological polar surface area (TPSA) is 43.6 Å². The molecule has 0 bridgehead atoms. The number of rotatable bonds is 4. The van der Waals surface area contributed by atoms with Crippen molar-refractivity contribution in [2.24, 2.45) is 0 Å². The van der Waals surface area contributed by atoms with E-state index in [1.54, 1.807) is 11.8 Å². The van der Waals surface area contributed by atoms with Crippen molar-refractivity contribution >= 4 is 11.8 Å². The Morgan fingerprint density at radius 3 is 2.56 bits per heavy atom. The summed E-state index contributed by atoms with van der Waals surface area (Å²) >= 11 is 1.80. The molecule has 0 N–H and O–H groups in total. The number of aromatic nitrogens is 4. The highest BCUT2D eigenvalue weighted by Gasteiger charge is 2.46. The van der Waals surface area contributed by atoms with Gasteiger partial charge in [-0.05, 0) is 42.7 Å². The SMILES string of the molecule is CC(C)n1nnnc1SC1(c2ccccc2)CC1. The molecule has 1 aliphatic rings. The van der Waals surface area contributed by atoms with Crippen molar-refractivity contribution in [1.29, 1.82) is 0 Å². The van der Waals surface area contributed by atoms with E-state index in [0.29, 0.717) is 6.04 Å². The van der Waals surface area contributed by atoms with Gasteiger partial charge in [0.15, 0.2) is 0 Å². The van der Waals surface area contributed by atoms with E-state index in [-0.39, 0.29) is 4.75 Å².